The van der Waals surface area contributed by atoms with Crippen molar-refractivity contribution >= 4 is 0 Å². The molecule has 0 fully saturated rings. The molecule has 2 atom stereocenters. The summed E-state index contributed by atoms with van der Waals surface area (Å²) in [6.45, 7) is 1.82. The molecule has 1 aromatic carbocycles. The number of hydrogen-bond acceptors (Lipinski definition) is 5. The van der Waals surface area contributed by atoms with Gasteiger partial charge in [0.05, 0.1) is 19.3 Å². The predicted octanol–water partition coefficient (Wildman–Crippen LogP) is 0.804. The zero-order valence-corrected chi connectivity index (χ0v) is 9.27. The van der Waals surface area contributed by atoms with E-state index in [1.807, 2.05) is 0 Å². The Bertz CT molecular complexity index is 392. The van der Waals surface area contributed by atoms with Gasteiger partial charge in [-0.3, -0.25) is 0 Å². The van der Waals surface area contributed by atoms with E-state index < -0.39 is 12.1 Å². The van der Waals surface area contributed by atoms with Gasteiger partial charge < -0.3 is 25.1 Å². The number of aliphatic hydroxyl groups excluding tert-OH is 1. The largest absolute Gasteiger partial charge is 0.493 e. The van der Waals surface area contributed by atoms with Crippen molar-refractivity contribution in [2.75, 3.05) is 13.9 Å². The molecular formula is C11H15NO4. The molecule has 5 heteroatoms. The molecule has 0 saturated carbocycles. The number of methoxy groups -OCH3 is 1. The van der Waals surface area contributed by atoms with Crippen LogP contribution in [-0.4, -0.2) is 25.1 Å². The fraction of sp³-hybridized carbons (Fsp3) is 0.455. The number of ether oxygens (including phenoxy) is 3. The molecule has 5 nitrogen and oxygen atoms in total. The third kappa shape index (κ3) is 1.79. The smallest absolute Gasteiger partial charge is 0.231 e. The number of fused-ring (bicyclic) bond motifs is 1. The third-order valence-electron chi connectivity index (χ3n) is 2.59. The van der Waals surface area contributed by atoms with E-state index in [9.17, 15) is 5.11 Å². The van der Waals surface area contributed by atoms with Crippen molar-refractivity contribution in [1.82, 2.24) is 0 Å². The SMILES string of the molecule is COc1cc([C@@H](N)[C@H](C)O)cc2c1OCO2. The summed E-state index contributed by atoms with van der Waals surface area (Å²) in [5, 5.41) is 9.45. The van der Waals surface area contributed by atoms with Crippen LogP contribution in [0.2, 0.25) is 0 Å². The second-order valence-electron chi connectivity index (χ2n) is 3.72. The van der Waals surface area contributed by atoms with Gasteiger partial charge >= 0.3 is 0 Å². The maximum atomic E-state index is 9.45. The average Bonchev–Trinajstić information content (AvgIpc) is 2.74. The lowest BCUT2D eigenvalue weighted by Gasteiger charge is -2.16. The van der Waals surface area contributed by atoms with Crippen LogP contribution in [0.3, 0.4) is 0 Å². The second-order valence-corrected chi connectivity index (χ2v) is 3.72. The Morgan fingerprint density at radius 3 is 2.81 bits per heavy atom. The minimum Gasteiger partial charge on any atom is -0.493 e. The molecule has 1 aromatic rings. The van der Waals surface area contributed by atoms with E-state index in [-0.39, 0.29) is 6.79 Å². The second kappa shape index (κ2) is 4.19. The molecule has 0 bridgehead atoms. The van der Waals surface area contributed by atoms with Crippen molar-refractivity contribution in [2.45, 2.75) is 19.1 Å². The van der Waals surface area contributed by atoms with Gasteiger partial charge in [0.15, 0.2) is 11.5 Å². The average molecular weight is 225 g/mol. The number of hydrogen-bond donors (Lipinski definition) is 2. The highest BCUT2D eigenvalue weighted by molar-refractivity contribution is 5.55. The van der Waals surface area contributed by atoms with E-state index in [0.717, 1.165) is 5.56 Å². The molecule has 88 valence electrons. The molecule has 2 rings (SSSR count). The van der Waals surface area contributed by atoms with Crippen molar-refractivity contribution in [3.63, 3.8) is 0 Å². The minimum atomic E-state index is -0.634. The van der Waals surface area contributed by atoms with Gasteiger partial charge in [0.1, 0.15) is 0 Å². The van der Waals surface area contributed by atoms with Gasteiger partial charge in [0.2, 0.25) is 12.5 Å². The van der Waals surface area contributed by atoms with Gasteiger partial charge in [-0.2, -0.15) is 0 Å². The summed E-state index contributed by atoms with van der Waals surface area (Å²) >= 11 is 0. The van der Waals surface area contributed by atoms with Crippen LogP contribution in [-0.2, 0) is 0 Å². The first-order chi connectivity index (χ1) is 7.63. The number of benzene rings is 1. The molecule has 0 unspecified atom stereocenters. The highest BCUT2D eigenvalue weighted by atomic mass is 16.7. The van der Waals surface area contributed by atoms with Crippen LogP contribution >= 0.6 is 0 Å². The van der Waals surface area contributed by atoms with Crippen LogP contribution in [0.5, 0.6) is 17.2 Å². The first-order valence-electron chi connectivity index (χ1n) is 5.04. The summed E-state index contributed by atoms with van der Waals surface area (Å²) in [4.78, 5) is 0. The summed E-state index contributed by atoms with van der Waals surface area (Å²) < 4.78 is 15.7. The quantitative estimate of drug-likeness (QED) is 0.796. The summed E-state index contributed by atoms with van der Waals surface area (Å²) in [5.74, 6) is 1.76. The highest BCUT2D eigenvalue weighted by Crippen LogP contribution is 2.42. The monoisotopic (exact) mass is 225 g/mol. The Labute approximate surface area is 93.7 Å². The van der Waals surface area contributed by atoms with Gasteiger partial charge in [0, 0.05) is 0 Å². The van der Waals surface area contributed by atoms with E-state index in [1.165, 1.54) is 0 Å². The van der Waals surface area contributed by atoms with Crippen molar-refractivity contribution in [1.29, 1.82) is 0 Å². The summed E-state index contributed by atoms with van der Waals surface area (Å²) in [6, 6.07) is 3.05. The van der Waals surface area contributed by atoms with E-state index in [1.54, 1.807) is 26.2 Å². The highest BCUT2D eigenvalue weighted by Gasteiger charge is 2.23. The zero-order valence-electron chi connectivity index (χ0n) is 9.27. The van der Waals surface area contributed by atoms with Gasteiger partial charge in [-0.25, -0.2) is 0 Å². The van der Waals surface area contributed by atoms with E-state index in [4.69, 9.17) is 19.9 Å². The first-order valence-corrected chi connectivity index (χ1v) is 5.04. The lowest BCUT2D eigenvalue weighted by atomic mass is 10.0. The molecule has 16 heavy (non-hydrogen) atoms. The van der Waals surface area contributed by atoms with Crippen LogP contribution in [0, 0.1) is 0 Å². The Morgan fingerprint density at radius 2 is 2.19 bits per heavy atom. The van der Waals surface area contributed by atoms with Crippen molar-refractivity contribution in [3.05, 3.63) is 17.7 Å². The van der Waals surface area contributed by atoms with Crippen LogP contribution in [0.15, 0.2) is 12.1 Å². The topological polar surface area (TPSA) is 73.9 Å². The van der Waals surface area contributed by atoms with Crippen LogP contribution in [0.25, 0.3) is 0 Å². The maximum absolute atomic E-state index is 9.45. The van der Waals surface area contributed by atoms with Crippen molar-refractivity contribution in [2.24, 2.45) is 5.73 Å². The third-order valence-corrected chi connectivity index (χ3v) is 2.59. The van der Waals surface area contributed by atoms with Gasteiger partial charge in [-0.05, 0) is 24.6 Å². The molecule has 1 heterocycles. The fourth-order valence-corrected chi connectivity index (χ4v) is 1.62. The molecular weight excluding hydrogens is 210 g/mol. The minimum absolute atomic E-state index is 0.180. The van der Waals surface area contributed by atoms with Crippen molar-refractivity contribution < 1.29 is 19.3 Å². The Morgan fingerprint density at radius 1 is 1.44 bits per heavy atom. The Kier molecular flexibility index (Phi) is 2.89. The summed E-state index contributed by atoms with van der Waals surface area (Å²) in [6.07, 6.45) is -0.634. The first kappa shape index (κ1) is 11.0. The predicted molar refractivity (Wildman–Crippen MR) is 57.7 cm³/mol. The van der Waals surface area contributed by atoms with Gasteiger partial charge in [-0.1, -0.05) is 0 Å². The normalized spacial score (nSPS) is 17.0. The molecule has 0 aliphatic carbocycles. The Hall–Kier alpha value is -1.46. The molecule has 1 aliphatic heterocycles. The zero-order chi connectivity index (χ0) is 11.7. The molecule has 0 saturated heterocycles. The van der Waals surface area contributed by atoms with Crippen LogP contribution < -0.4 is 19.9 Å². The van der Waals surface area contributed by atoms with Crippen LogP contribution in [0.4, 0.5) is 0 Å². The van der Waals surface area contributed by atoms with Crippen molar-refractivity contribution in [3.8, 4) is 17.2 Å². The van der Waals surface area contributed by atoms with Gasteiger partial charge in [0.25, 0.3) is 0 Å². The number of rotatable bonds is 3. The van der Waals surface area contributed by atoms with E-state index in [2.05, 4.69) is 0 Å². The fourth-order valence-electron chi connectivity index (χ4n) is 1.62. The molecule has 0 amide bonds. The Balaban J connectivity index is 2.41. The summed E-state index contributed by atoms with van der Waals surface area (Å²) in [5.41, 5.74) is 6.61. The number of aliphatic hydroxyl groups is 1. The van der Waals surface area contributed by atoms with Gasteiger partial charge in [-0.15, -0.1) is 0 Å². The maximum Gasteiger partial charge on any atom is 0.231 e. The lowest BCUT2D eigenvalue weighted by Crippen LogP contribution is -2.23. The standard InChI is InChI=1S/C11H15NO4/c1-6(13)10(12)7-3-8(14-2)11-9(4-7)15-5-16-11/h3-4,6,10,13H,5,12H2,1-2H3/t6-,10-/m0/s1. The molecule has 0 radical (unpaired) electrons. The summed E-state index contributed by atoms with van der Waals surface area (Å²) in [7, 11) is 1.55. The molecule has 3 N–H and O–H groups in total. The van der Waals surface area contributed by atoms with Crippen LogP contribution in [0.1, 0.15) is 18.5 Å². The number of nitrogens with two attached hydrogens (primary N) is 1. The lowest BCUT2D eigenvalue weighted by molar-refractivity contribution is 0.164. The van der Waals surface area contributed by atoms with E-state index in [0.29, 0.717) is 17.2 Å². The molecule has 1 aliphatic rings. The molecule has 0 aromatic heterocycles. The van der Waals surface area contributed by atoms with E-state index >= 15 is 0 Å². The molecule has 0 spiro atoms.